The SMILES string of the molecule is CCN[C@@H](CCCCNC(=O)OC(C)(C)C)C(=O)NC[C@H](CC1(C(=O)N[C@@H](Cc2ccc(OC(C)(C)C)cc2)C(=O)OC(C)(C)C)CCCC1)C(=O)OC(C)(C)C. The van der Waals surface area contributed by atoms with E-state index in [1.807, 2.05) is 52.0 Å². The van der Waals surface area contributed by atoms with Crippen LogP contribution in [0.25, 0.3) is 0 Å². The smallest absolute Gasteiger partial charge is 0.407 e. The Hall–Kier alpha value is -3.87. The fraction of sp³-hybridized carbons (Fsp3) is 0.750. The van der Waals surface area contributed by atoms with Gasteiger partial charge in [-0.25, -0.2) is 9.59 Å². The van der Waals surface area contributed by atoms with Crippen molar-refractivity contribution in [2.24, 2.45) is 11.3 Å². The van der Waals surface area contributed by atoms with E-state index in [9.17, 15) is 24.0 Å². The molecule has 0 spiro atoms. The number of amides is 3. The minimum Gasteiger partial charge on any atom is -0.488 e. The minimum atomic E-state index is -0.983. The third kappa shape index (κ3) is 19.4. The Bertz CT molecular complexity index is 1460. The maximum atomic E-state index is 14.5. The van der Waals surface area contributed by atoms with Crippen LogP contribution in [-0.2, 0) is 39.8 Å². The number of likely N-dealkylation sites (N-methyl/N-ethyl adjacent to an activating group) is 1. The largest absolute Gasteiger partial charge is 0.488 e. The lowest BCUT2D eigenvalue weighted by Gasteiger charge is -2.34. The summed E-state index contributed by atoms with van der Waals surface area (Å²) in [5, 5.41) is 12.0. The lowest BCUT2D eigenvalue weighted by Crippen LogP contribution is -2.52. The predicted octanol–water partition coefficient (Wildman–Crippen LogP) is 6.93. The molecule has 57 heavy (non-hydrogen) atoms. The second kappa shape index (κ2) is 21.2. The number of rotatable bonds is 19. The van der Waals surface area contributed by atoms with E-state index in [2.05, 4.69) is 21.3 Å². The molecular weight excluding hydrogens is 729 g/mol. The van der Waals surface area contributed by atoms with Crippen molar-refractivity contribution in [1.82, 2.24) is 21.3 Å². The first-order valence-electron chi connectivity index (χ1n) is 20.7. The van der Waals surface area contributed by atoms with Crippen LogP contribution in [0.2, 0.25) is 0 Å². The van der Waals surface area contributed by atoms with Crippen LogP contribution in [0.3, 0.4) is 0 Å². The number of esters is 2. The number of carbonyl (C=O) groups excluding carboxylic acids is 5. The highest BCUT2D eigenvalue weighted by Crippen LogP contribution is 2.44. The Morgan fingerprint density at radius 3 is 1.79 bits per heavy atom. The van der Waals surface area contributed by atoms with Crippen molar-refractivity contribution in [2.75, 3.05) is 19.6 Å². The van der Waals surface area contributed by atoms with Crippen LogP contribution in [0.4, 0.5) is 4.79 Å². The molecule has 1 aromatic carbocycles. The first kappa shape index (κ1) is 49.3. The van der Waals surface area contributed by atoms with E-state index >= 15 is 0 Å². The van der Waals surface area contributed by atoms with Gasteiger partial charge in [-0.05, 0) is 146 Å². The molecule has 1 fully saturated rings. The average molecular weight is 803 g/mol. The number of benzene rings is 1. The van der Waals surface area contributed by atoms with Gasteiger partial charge in [0.05, 0.1) is 17.4 Å². The molecule has 1 saturated carbocycles. The van der Waals surface area contributed by atoms with Crippen LogP contribution < -0.4 is 26.0 Å². The van der Waals surface area contributed by atoms with Gasteiger partial charge in [-0.15, -0.1) is 0 Å². The summed E-state index contributed by atoms with van der Waals surface area (Å²) in [6.45, 7) is 24.9. The Morgan fingerprint density at radius 2 is 1.26 bits per heavy atom. The lowest BCUT2D eigenvalue weighted by atomic mass is 9.76. The van der Waals surface area contributed by atoms with Gasteiger partial charge in [0.15, 0.2) is 0 Å². The summed E-state index contributed by atoms with van der Waals surface area (Å²) >= 11 is 0. The van der Waals surface area contributed by atoms with Crippen molar-refractivity contribution >= 4 is 29.8 Å². The van der Waals surface area contributed by atoms with E-state index < -0.39 is 58.3 Å². The van der Waals surface area contributed by atoms with Gasteiger partial charge in [0, 0.05) is 19.5 Å². The zero-order valence-electron chi connectivity index (χ0n) is 37.2. The van der Waals surface area contributed by atoms with Crippen LogP contribution in [0.15, 0.2) is 24.3 Å². The number of unbranched alkanes of at least 4 members (excludes halogenated alkanes) is 1. The number of nitrogens with one attached hydrogen (secondary N) is 4. The van der Waals surface area contributed by atoms with Crippen molar-refractivity contribution < 1.29 is 42.9 Å². The van der Waals surface area contributed by atoms with Crippen LogP contribution in [0.1, 0.15) is 147 Å². The van der Waals surface area contributed by atoms with Crippen LogP contribution >= 0.6 is 0 Å². The van der Waals surface area contributed by atoms with Crippen LogP contribution in [0, 0.1) is 11.3 Å². The standard InChI is InChI=1S/C44H74N4O9/c1-14-45-33(19-15-18-26-46-39(53)57-43(11,12)13)35(49)47-29-31(36(50)55-41(5,6)7)28-44(24-16-17-25-44)38(52)48-34(37(51)56-42(8,9)10)27-30-20-22-32(23-21-30)54-40(2,3)4/h20-23,31,33-34,45H,14-19,24-29H2,1-13H3,(H,46,53)(H,47,49)(H,48,52)/t31-,33-,34-/m0/s1. The first-order valence-corrected chi connectivity index (χ1v) is 20.7. The molecule has 0 aliphatic heterocycles. The van der Waals surface area contributed by atoms with E-state index in [1.165, 1.54) is 0 Å². The minimum absolute atomic E-state index is 0.0245. The molecule has 1 aliphatic carbocycles. The van der Waals surface area contributed by atoms with Crippen LogP contribution in [-0.4, -0.2) is 84.0 Å². The van der Waals surface area contributed by atoms with Gasteiger partial charge in [0.25, 0.3) is 0 Å². The van der Waals surface area contributed by atoms with Crippen molar-refractivity contribution in [3.63, 3.8) is 0 Å². The summed E-state index contributed by atoms with van der Waals surface area (Å²) in [6, 6.07) is 5.93. The highest BCUT2D eigenvalue weighted by atomic mass is 16.6. The van der Waals surface area contributed by atoms with Crippen molar-refractivity contribution in [2.45, 2.75) is 182 Å². The fourth-order valence-corrected chi connectivity index (χ4v) is 6.73. The Labute approximate surface area is 342 Å². The Balaban J connectivity index is 2.26. The second-order valence-corrected chi connectivity index (χ2v) is 19.3. The number of hydrogen-bond donors (Lipinski definition) is 4. The average Bonchev–Trinajstić information content (AvgIpc) is 3.53. The Morgan fingerprint density at radius 1 is 0.702 bits per heavy atom. The zero-order valence-corrected chi connectivity index (χ0v) is 37.2. The topological polar surface area (TPSA) is 170 Å². The maximum absolute atomic E-state index is 14.5. The Kier molecular flexibility index (Phi) is 18.3. The summed E-state index contributed by atoms with van der Waals surface area (Å²) in [4.78, 5) is 67.5. The highest BCUT2D eigenvalue weighted by Gasteiger charge is 2.46. The number of ether oxygens (including phenoxy) is 4. The predicted molar refractivity (Wildman–Crippen MR) is 222 cm³/mol. The molecule has 1 aliphatic rings. The van der Waals surface area contributed by atoms with E-state index in [1.54, 1.807) is 62.3 Å². The second-order valence-electron chi connectivity index (χ2n) is 19.3. The summed E-state index contributed by atoms with van der Waals surface area (Å²) in [7, 11) is 0. The zero-order chi connectivity index (χ0) is 43.2. The molecule has 13 nitrogen and oxygen atoms in total. The van der Waals surface area contributed by atoms with Crippen LogP contribution in [0.5, 0.6) is 5.75 Å². The third-order valence-electron chi connectivity index (χ3n) is 9.08. The molecule has 324 valence electrons. The van der Waals surface area contributed by atoms with Gasteiger partial charge in [0.2, 0.25) is 11.8 Å². The highest BCUT2D eigenvalue weighted by molar-refractivity contribution is 5.89. The molecule has 4 N–H and O–H groups in total. The molecule has 0 aromatic heterocycles. The van der Waals surface area contributed by atoms with E-state index in [0.717, 1.165) is 18.4 Å². The normalized spacial score (nSPS) is 16.1. The molecule has 0 radical (unpaired) electrons. The summed E-state index contributed by atoms with van der Waals surface area (Å²) in [6.07, 6.45) is 4.25. The lowest BCUT2D eigenvalue weighted by molar-refractivity contribution is -0.163. The monoisotopic (exact) mass is 803 g/mol. The van der Waals surface area contributed by atoms with Gasteiger partial charge in [-0.2, -0.15) is 0 Å². The fourth-order valence-electron chi connectivity index (χ4n) is 6.73. The number of carbonyl (C=O) groups is 5. The van der Waals surface area contributed by atoms with E-state index in [4.69, 9.17) is 18.9 Å². The third-order valence-corrected chi connectivity index (χ3v) is 9.08. The molecule has 0 saturated heterocycles. The van der Waals surface area contributed by atoms with Gasteiger partial charge in [-0.1, -0.05) is 31.9 Å². The molecule has 0 bridgehead atoms. The van der Waals surface area contributed by atoms with Crippen molar-refractivity contribution in [3.8, 4) is 5.75 Å². The summed E-state index contributed by atoms with van der Waals surface area (Å²) in [5.41, 5.74) is -2.69. The van der Waals surface area contributed by atoms with Crippen molar-refractivity contribution in [1.29, 1.82) is 0 Å². The van der Waals surface area contributed by atoms with Gasteiger partial charge in [0.1, 0.15) is 34.2 Å². The summed E-state index contributed by atoms with van der Waals surface area (Å²) < 4.78 is 22.9. The molecule has 3 amide bonds. The molecule has 3 atom stereocenters. The molecule has 0 heterocycles. The molecule has 0 unspecified atom stereocenters. The quantitative estimate of drug-likeness (QED) is 0.0654. The molecule has 13 heteroatoms. The number of hydrogen-bond acceptors (Lipinski definition) is 10. The van der Waals surface area contributed by atoms with E-state index in [-0.39, 0.29) is 36.8 Å². The van der Waals surface area contributed by atoms with Gasteiger partial charge >= 0.3 is 18.0 Å². The molecule has 1 aromatic rings. The maximum Gasteiger partial charge on any atom is 0.407 e. The molecule has 2 rings (SSSR count). The summed E-state index contributed by atoms with van der Waals surface area (Å²) in [5.74, 6) is -1.78. The van der Waals surface area contributed by atoms with Gasteiger partial charge in [-0.3, -0.25) is 14.4 Å². The van der Waals surface area contributed by atoms with E-state index in [0.29, 0.717) is 50.9 Å². The molecular formula is C44H74N4O9. The van der Waals surface area contributed by atoms with Gasteiger partial charge < -0.3 is 40.2 Å². The number of alkyl carbamates (subject to hydrolysis) is 1. The van der Waals surface area contributed by atoms with Crippen molar-refractivity contribution in [3.05, 3.63) is 29.8 Å². The first-order chi connectivity index (χ1) is 26.2.